The first-order chi connectivity index (χ1) is 19.2. The zero-order valence-corrected chi connectivity index (χ0v) is 23.4. The molecular weight excluding hydrogens is 526 g/mol. The molecule has 0 spiro atoms. The third-order valence-electron chi connectivity index (χ3n) is 8.07. The van der Waals surface area contributed by atoms with Gasteiger partial charge < -0.3 is 14.4 Å². The molecule has 2 aliphatic rings. The molecule has 1 amide bonds. The van der Waals surface area contributed by atoms with Crippen LogP contribution in [0.1, 0.15) is 71.3 Å². The Hall–Kier alpha value is -3.66. The molecule has 0 bridgehead atoms. The van der Waals surface area contributed by atoms with Crippen LogP contribution >= 0.6 is 0 Å². The summed E-state index contributed by atoms with van der Waals surface area (Å²) in [5.74, 6) is 0.297. The highest BCUT2D eigenvalue weighted by Crippen LogP contribution is 2.51. The number of rotatable bonds is 7. The van der Waals surface area contributed by atoms with Crippen molar-refractivity contribution in [1.82, 2.24) is 13.6 Å². The van der Waals surface area contributed by atoms with Crippen LogP contribution in [-0.2, 0) is 16.8 Å². The molecular formula is C31H33N3O5S. The molecule has 0 radical (unpaired) electrons. The lowest BCUT2D eigenvalue weighted by molar-refractivity contribution is 0.0979. The Morgan fingerprint density at radius 2 is 1.77 bits per heavy atom. The number of aliphatic hydroxyl groups is 1. The summed E-state index contributed by atoms with van der Waals surface area (Å²) in [6.45, 7) is 0.423. The molecule has 1 fully saturated rings. The van der Waals surface area contributed by atoms with E-state index in [0.29, 0.717) is 23.8 Å². The number of hydrogen-bond acceptors (Lipinski definition) is 5. The largest absolute Gasteiger partial charge is 0.489 e. The van der Waals surface area contributed by atoms with Crippen molar-refractivity contribution in [3.05, 3.63) is 89.0 Å². The van der Waals surface area contributed by atoms with Crippen molar-refractivity contribution < 1.29 is 23.1 Å². The van der Waals surface area contributed by atoms with Crippen LogP contribution in [0.4, 0.5) is 0 Å². The van der Waals surface area contributed by atoms with Gasteiger partial charge in [-0.25, -0.2) is 4.72 Å². The second kappa shape index (κ2) is 10.4. The summed E-state index contributed by atoms with van der Waals surface area (Å²) in [7, 11) is -1.22. The van der Waals surface area contributed by atoms with E-state index in [4.69, 9.17) is 4.74 Å². The number of ether oxygens (including phenoxy) is 1. The second-order valence-electron chi connectivity index (χ2n) is 10.8. The van der Waals surface area contributed by atoms with Gasteiger partial charge >= 0.3 is 10.2 Å². The molecule has 1 saturated carbocycles. The Bertz CT molecular complexity index is 1690. The monoisotopic (exact) mass is 559 g/mol. The van der Waals surface area contributed by atoms with Crippen LogP contribution in [0.3, 0.4) is 0 Å². The fraction of sp³-hybridized carbons (Fsp3) is 0.323. The van der Waals surface area contributed by atoms with E-state index in [-0.39, 0.29) is 5.56 Å². The highest BCUT2D eigenvalue weighted by molar-refractivity contribution is 7.87. The average molecular weight is 560 g/mol. The summed E-state index contributed by atoms with van der Waals surface area (Å²) >= 11 is 0. The Morgan fingerprint density at radius 1 is 1.02 bits per heavy atom. The average Bonchev–Trinajstić information content (AvgIpc) is 3.44. The first-order valence-corrected chi connectivity index (χ1v) is 15.1. The summed E-state index contributed by atoms with van der Waals surface area (Å²) < 4.78 is 35.6. The van der Waals surface area contributed by atoms with E-state index >= 15 is 0 Å². The molecule has 3 aromatic carbocycles. The van der Waals surface area contributed by atoms with E-state index in [2.05, 4.69) is 4.72 Å². The molecule has 1 aliphatic carbocycles. The number of aromatic nitrogens is 1. The van der Waals surface area contributed by atoms with E-state index in [9.17, 15) is 18.3 Å². The van der Waals surface area contributed by atoms with Gasteiger partial charge in [0.05, 0.1) is 11.2 Å². The number of carbonyl (C=O) groups is 1. The third-order valence-corrected chi connectivity index (χ3v) is 9.48. The normalized spacial score (nSPS) is 17.1. The summed E-state index contributed by atoms with van der Waals surface area (Å²) in [5.41, 5.74) is 5.85. The lowest BCUT2D eigenvalue weighted by Crippen LogP contribution is -2.39. The van der Waals surface area contributed by atoms with Gasteiger partial charge in [-0.1, -0.05) is 55.7 Å². The number of amides is 1. The summed E-state index contributed by atoms with van der Waals surface area (Å²) in [6.07, 6.45) is 4.70. The molecule has 6 rings (SSSR count). The number of hydrogen-bond donors (Lipinski definition) is 2. The van der Waals surface area contributed by atoms with Crippen molar-refractivity contribution in [2.45, 2.75) is 50.9 Å². The van der Waals surface area contributed by atoms with Crippen molar-refractivity contribution in [1.29, 1.82) is 0 Å². The predicted octanol–water partition coefficient (Wildman–Crippen LogP) is 5.32. The smallest absolute Gasteiger partial charge is 0.303 e. The van der Waals surface area contributed by atoms with Gasteiger partial charge in [0.15, 0.2) is 6.23 Å². The maximum Gasteiger partial charge on any atom is 0.303 e. The van der Waals surface area contributed by atoms with E-state index in [1.54, 1.807) is 12.1 Å². The quantitative estimate of drug-likeness (QED) is 0.319. The minimum absolute atomic E-state index is 0.212. The van der Waals surface area contributed by atoms with Crippen LogP contribution in [-0.4, -0.2) is 42.4 Å². The van der Waals surface area contributed by atoms with Crippen LogP contribution in [0.15, 0.2) is 66.7 Å². The van der Waals surface area contributed by atoms with Crippen molar-refractivity contribution in [3.63, 3.8) is 0 Å². The molecule has 1 unspecified atom stereocenters. The first kappa shape index (κ1) is 26.6. The number of nitrogens with zero attached hydrogens (tertiary/aromatic N) is 2. The van der Waals surface area contributed by atoms with Crippen LogP contribution < -0.4 is 9.46 Å². The number of carbonyl (C=O) groups excluding carboxylic acids is 1. The molecule has 9 heteroatoms. The summed E-state index contributed by atoms with van der Waals surface area (Å²) in [6, 6.07) is 21.0. The predicted molar refractivity (Wildman–Crippen MR) is 154 cm³/mol. The minimum Gasteiger partial charge on any atom is -0.489 e. The highest BCUT2D eigenvalue weighted by Gasteiger charge is 2.36. The number of nitrogens with one attached hydrogen (secondary N) is 1. The van der Waals surface area contributed by atoms with E-state index < -0.39 is 22.3 Å². The van der Waals surface area contributed by atoms with E-state index in [1.807, 2.05) is 59.2 Å². The molecule has 4 aromatic rings. The molecule has 40 heavy (non-hydrogen) atoms. The number of benzene rings is 3. The standard InChI is InChI=1S/C31H33N3O5S/c1-33(2)40(37,38)32-30(35)22-13-15-25-27(17-22)34-29(28(25)21-11-7-4-8-12-21)24-16-14-23(18-26(24)31(34)36)39-19-20-9-5-3-6-10-20/h3,5-6,9-10,13-18,21,31,36H,4,7-8,11-12,19H2,1-2H3,(H,32,35). The molecule has 1 aromatic heterocycles. The third kappa shape index (κ3) is 4.68. The molecule has 8 nitrogen and oxygen atoms in total. The zero-order valence-electron chi connectivity index (χ0n) is 22.6. The fourth-order valence-electron chi connectivity index (χ4n) is 6.02. The number of fused-ring (bicyclic) bond motifs is 5. The van der Waals surface area contributed by atoms with Crippen LogP contribution in [0.25, 0.3) is 22.2 Å². The molecule has 208 valence electrons. The Labute approximate surface area is 234 Å². The van der Waals surface area contributed by atoms with Gasteiger partial charge in [0, 0.05) is 36.2 Å². The van der Waals surface area contributed by atoms with E-state index in [1.165, 1.54) is 26.1 Å². The Kier molecular flexibility index (Phi) is 6.90. The first-order valence-electron chi connectivity index (χ1n) is 13.7. The molecule has 1 aliphatic heterocycles. The second-order valence-corrected chi connectivity index (χ2v) is 12.7. The van der Waals surface area contributed by atoms with Crippen LogP contribution in [0.5, 0.6) is 5.75 Å². The SMILES string of the molecule is CN(C)S(=O)(=O)NC(=O)c1ccc2c(C3CCCCC3)c3n(c2c1)C(O)c1cc(OCc2ccccc2)ccc1-3. The van der Waals surface area contributed by atoms with Gasteiger partial charge in [-0.3, -0.25) is 4.79 Å². The Morgan fingerprint density at radius 3 is 2.50 bits per heavy atom. The summed E-state index contributed by atoms with van der Waals surface area (Å²) in [4.78, 5) is 12.9. The van der Waals surface area contributed by atoms with Gasteiger partial charge in [-0.05, 0) is 60.2 Å². The van der Waals surface area contributed by atoms with Gasteiger partial charge in [0.2, 0.25) is 0 Å². The fourth-order valence-corrected chi connectivity index (χ4v) is 6.55. The lowest BCUT2D eigenvalue weighted by atomic mass is 9.81. The van der Waals surface area contributed by atoms with Crippen molar-refractivity contribution in [3.8, 4) is 17.0 Å². The van der Waals surface area contributed by atoms with Crippen molar-refractivity contribution in [2.24, 2.45) is 0 Å². The van der Waals surface area contributed by atoms with Crippen molar-refractivity contribution >= 4 is 27.0 Å². The summed E-state index contributed by atoms with van der Waals surface area (Å²) in [5, 5.41) is 12.6. The van der Waals surface area contributed by atoms with Crippen LogP contribution in [0.2, 0.25) is 0 Å². The molecule has 2 N–H and O–H groups in total. The maximum absolute atomic E-state index is 12.9. The Balaban J connectivity index is 1.42. The highest BCUT2D eigenvalue weighted by atomic mass is 32.2. The zero-order chi connectivity index (χ0) is 28.0. The molecule has 1 atom stereocenters. The minimum atomic E-state index is -3.94. The van der Waals surface area contributed by atoms with Crippen LogP contribution in [0, 0.1) is 0 Å². The maximum atomic E-state index is 12.9. The molecule has 0 saturated heterocycles. The van der Waals surface area contributed by atoms with Gasteiger partial charge in [-0.2, -0.15) is 12.7 Å². The van der Waals surface area contributed by atoms with Gasteiger partial charge in [0.25, 0.3) is 5.91 Å². The lowest BCUT2D eigenvalue weighted by Gasteiger charge is -2.23. The van der Waals surface area contributed by atoms with E-state index in [0.717, 1.165) is 57.8 Å². The van der Waals surface area contributed by atoms with Gasteiger partial charge in [0.1, 0.15) is 12.4 Å². The topological polar surface area (TPSA) is 101 Å². The molecule has 2 heterocycles. The van der Waals surface area contributed by atoms with Gasteiger partial charge in [-0.15, -0.1) is 0 Å². The number of aliphatic hydroxyl groups excluding tert-OH is 1. The van der Waals surface area contributed by atoms with Crippen molar-refractivity contribution in [2.75, 3.05) is 14.1 Å².